The maximum Gasteiger partial charge on any atom is 0.317 e. The minimum Gasteiger partial charge on any atom is -0.481 e. The van der Waals surface area contributed by atoms with Crippen LogP contribution in [-0.2, 0) is 4.79 Å². The monoisotopic (exact) mass is 346 g/mol. The molecule has 2 aliphatic heterocycles. The second kappa shape index (κ2) is 7.72. The van der Waals surface area contributed by atoms with E-state index in [4.69, 9.17) is 5.11 Å². The molecule has 25 heavy (non-hydrogen) atoms. The summed E-state index contributed by atoms with van der Waals surface area (Å²) in [4.78, 5) is 31.0. The third-order valence-electron chi connectivity index (χ3n) is 5.42. The molecule has 0 aliphatic carbocycles. The van der Waals surface area contributed by atoms with Gasteiger partial charge in [-0.05, 0) is 43.2 Å². The minimum atomic E-state index is -0.825. The maximum absolute atomic E-state index is 12.2. The third-order valence-corrected chi connectivity index (χ3v) is 5.42. The average Bonchev–Trinajstić information content (AvgIpc) is 3.03. The lowest BCUT2D eigenvalue weighted by atomic mass is 9.78. The molecule has 0 atom stereocenters. The van der Waals surface area contributed by atoms with E-state index < -0.39 is 5.97 Å². The Kier molecular flexibility index (Phi) is 5.40. The van der Waals surface area contributed by atoms with Crippen LogP contribution >= 0.6 is 0 Å². The fraction of sp³-hybridized carbons (Fsp3) is 0.611. The third kappa shape index (κ3) is 4.41. The molecule has 0 saturated carbocycles. The number of carbonyl (C=O) groups excluding carboxylic acids is 1. The van der Waals surface area contributed by atoms with E-state index in [9.17, 15) is 9.59 Å². The molecule has 7 heteroatoms. The number of nitrogens with one attached hydrogen (secondary N) is 1. The molecule has 3 rings (SSSR count). The van der Waals surface area contributed by atoms with E-state index in [1.54, 1.807) is 0 Å². The molecule has 1 aromatic heterocycles. The van der Waals surface area contributed by atoms with Gasteiger partial charge in [0.05, 0.1) is 0 Å². The van der Waals surface area contributed by atoms with E-state index in [2.05, 4.69) is 27.3 Å². The van der Waals surface area contributed by atoms with Crippen LogP contribution in [0.1, 0.15) is 32.1 Å². The van der Waals surface area contributed by atoms with Crippen LogP contribution in [-0.4, -0.2) is 59.7 Å². The van der Waals surface area contributed by atoms with Crippen LogP contribution in [0, 0.1) is 5.41 Å². The summed E-state index contributed by atoms with van der Waals surface area (Å²) in [5.74, 6) is -0.825. The van der Waals surface area contributed by atoms with Crippen molar-refractivity contribution in [3.8, 4) is 0 Å². The number of urea groups is 1. The van der Waals surface area contributed by atoms with Gasteiger partial charge in [-0.3, -0.25) is 9.78 Å². The number of carbonyl (C=O) groups is 2. The molecule has 2 aliphatic rings. The van der Waals surface area contributed by atoms with E-state index in [0.29, 0.717) is 18.4 Å². The van der Waals surface area contributed by atoms with Crippen LogP contribution in [0.3, 0.4) is 0 Å². The number of hydrogen-bond donors (Lipinski definition) is 2. The highest BCUT2D eigenvalue weighted by Crippen LogP contribution is 2.41. The number of anilines is 1. The smallest absolute Gasteiger partial charge is 0.317 e. The van der Waals surface area contributed by atoms with Crippen molar-refractivity contribution in [2.45, 2.75) is 32.1 Å². The first-order valence-corrected chi connectivity index (χ1v) is 8.98. The normalized spacial score (nSPS) is 19.2. The van der Waals surface area contributed by atoms with E-state index in [1.165, 1.54) is 12.1 Å². The standard InChI is InChI=1S/C18H26N4O3/c23-16(24)2-1-8-20-17(25)21-11-5-18(6-12-21)7-13-22(14-18)15-3-9-19-10-4-15/h3-4,9-10H,1-2,5-8,11-14H2,(H,20,25)(H,23,24). The van der Waals surface area contributed by atoms with E-state index in [0.717, 1.165) is 39.0 Å². The number of pyridine rings is 1. The van der Waals surface area contributed by atoms with Gasteiger partial charge >= 0.3 is 12.0 Å². The Labute approximate surface area is 148 Å². The molecule has 2 amide bonds. The number of carboxylic acid groups (broad SMARTS) is 1. The largest absolute Gasteiger partial charge is 0.481 e. The van der Waals surface area contributed by atoms with E-state index in [1.807, 2.05) is 17.3 Å². The van der Waals surface area contributed by atoms with E-state index >= 15 is 0 Å². The highest BCUT2D eigenvalue weighted by molar-refractivity contribution is 5.74. The van der Waals surface area contributed by atoms with Gasteiger partial charge in [-0.2, -0.15) is 0 Å². The Balaban J connectivity index is 1.44. The summed E-state index contributed by atoms with van der Waals surface area (Å²) in [6.45, 7) is 4.07. The number of likely N-dealkylation sites (tertiary alicyclic amines) is 1. The fourth-order valence-corrected chi connectivity index (χ4v) is 3.85. The first-order valence-electron chi connectivity index (χ1n) is 8.98. The van der Waals surface area contributed by atoms with E-state index in [-0.39, 0.29) is 12.5 Å². The molecule has 2 fully saturated rings. The van der Waals surface area contributed by atoms with Gasteiger partial charge in [0.25, 0.3) is 0 Å². The molecule has 2 N–H and O–H groups in total. The van der Waals surface area contributed by atoms with Crippen molar-refractivity contribution in [1.29, 1.82) is 0 Å². The van der Waals surface area contributed by atoms with Crippen molar-refractivity contribution >= 4 is 17.7 Å². The Hall–Kier alpha value is -2.31. The van der Waals surface area contributed by atoms with Gasteiger partial charge in [0.15, 0.2) is 0 Å². The molecule has 7 nitrogen and oxygen atoms in total. The predicted molar refractivity (Wildman–Crippen MR) is 94.6 cm³/mol. The number of amides is 2. The highest BCUT2D eigenvalue weighted by Gasteiger charge is 2.41. The topological polar surface area (TPSA) is 85.8 Å². The lowest BCUT2D eigenvalue weighted by molar-refractivity contribution is -0.137. The number of rotatable bonds is 5. The second-order valence-corrected chi connectivity index (χ2v) is 7.09. The van der Waals surface area contributed by atoms with Crippen LogP contribution in [0.25, 0.3) is 0 Å². The van der Waals surface area contributed by atoms with Crippen molar-refractivity contribution in [2.75, 3.05) is 37.6 Å². The van der Waals surface area contributed by atoms with Gasteiger partial charge < -0.3 is 20.2 Å². The molecule has 2 saturated heterocycles. The van der Waals surface area contributed by atoms with Gasteiger partial charge in [-0.1, -0.05) is 0 Å². The number of aromatic nitrogens is 1. The zero-order valence-corrected chi connectivity index (χ0v) is 14.5. The molecule has 0 aromatic carbocycles. The van der Waals surface area contributed by atoms with Crippen LogP contribution in [0.5, 0.6) is 0 Å². The molecule has 0 unspecified atom stereocenters. The molecule has 136 valence electrons. The molecule has 0 bridgehead atoms. The summed E-state index contributed by atoms with van der Waals surface area (Å²) >= 11 is 0. The Morgan fingerprint density at radius 2 is 1.84 bits per heavy atom. The Morgan fingerprint density at radius 1 is 1.16 bits per heavy atom. The van der Waals surface area contributed by atoms with Crippen molar-refractivity contribution in [3.05, 3.63) is 24.5 Å². The summed E-state index contributed by atoms with van der Waals surface area (Å²) in [5.41, 5.74) is 1.54. The van der Waals surface area contributed by atoms with Gasteiger partial charge in [0, 0.05) is 57.2 Å². The van der Waals surface area contributed by atoms with Crippen LogP contribution < -0.4 is 10.2 Å². The van der Waals surface area contributed by atoms with Crippen molar-refractivity contribution in [1.82, 2.24) is 15.2 Å². The molecular formula is C18H26N4O3. The predicted octanol–water partition coefficient (Wildman–Crippen LogP) is 1.95. The summed E-state index contributed by atoms with van der Waals surface area (Å²) in [5, 5.41) is 11.4. The average molecular weight is 346 g/mol. The van der Waals surface area contributed by atoms with Crippen molar-refractivity contribution in [2.24, 2.45) is 5.41 Å². The van der Waals surface area contributed by atoms with Crippen LogP contribution in [0.15, 0.2) is 24.5 Å². The SMILES string of the molecule is O=C(O)CCCNC(=O)N1CCC2(CC1)CCN(c1ccncc1)C2. The highest BCUT2D eigenvalue weighted by atomic mass is 16.4. The van der Waals surface area contributed by atoms with Gasteiger partial charge in [-0.15, -0.1) is 0 Å². The van der Waals surface area contributed by atoms with Crippen molar-refractivity contribution in [3.63, 3.8) is 0 Å². The van der Waals surface area contributed by atoms with Gasteiger partial charge in [0.1, 0.15) is 0 Å². The second-order valence-electron chi connectivity index (χ2n) is 7.09. The first-order chi connectivity index (χ1) is 12.1. The quantitative estimate of drug-likeness (QED) is 0.796. The number of piperidine rings is 1. The number of carboxylic acids is 1. The minimum absolute atomic E-state index is 0.0655. The lowest BCUT2D eigenvalue weighted by Crippen LogP contribution is -2.48. The summed E-state index contributed by atoms with van der Waals surface area (Å²) in [6.07, 6.45) is 7.45. The molecule has 1 aromatic rings. The summed E-state index contributed by atoms with van der Waals surface area (Å²) < 4.78 is 0. The molecule has 0 radical (unpaired) electrons. The summed E-state index contributed by atoms with van der Waals surface area (Å²) in [7, 11) is 0. The molecular weight excluding hydrogens is 320 g/mol. The van der Waals surface area contributed by atoms with Gasteiger partial charge in [-0.25, -0.2) is 4.79 Å². The lowest BCUT2D eigenvalue weighted by Gasteiger charge is -2.39. The van der Waals surface area contributed by atoms with Crippen molar-refractivity contribution < 1.29 is 14.7 Å². The number of nitrogens with zero attached hydrogens (tertiary/aromatic N) is 3. The number of aliphatic carboxylic acids is 1. The Bertz CT molecular complexity index is 600. The molecule has 1 spiro atoms. The fourth-order valence-electron chi connectivity index (χ4n) is 3.85. The van der Waals surface area contributed by atoms with Crippen LogP contribution in [0.2, 0.25) is 0 Å². The number of hydrogen-bond acceptors (Lipinski definition) is 4. The molecule has 3 heterocycles. The zero-order chi connectivity index (χ0) is 17.7. The maximum atomic E-state index is 12.2. The van der Waals surface area contributed by atoms with Gasteiger partial charge in [0.2, 0.25) is 0 Å². The summed E-state index contributed by atoms with van der Waals surface area (Å²) in [6, 6.07) is 4.04. The van der Waals surface area contributed by atoms with Crippen LogP contribution in [0.4, 0.5) is 10.5 Å². The first kappa shape index (κ1) is 17.5. The Morgan fingerprint density at radius 3 is 2.52 bits per heavy atom. The zero-order valence-electron chi connectivity index (χ0n) is 14.5.